The zero-order valence-electron chi connectivity index (χ0n) is 7.07. The number of aldehydes is 1. The van der Waals surface area contributed by atoms with Crippen molar-refractivity contribution in [2.75, 3.05) is 32.7 Å². The van der Waals surface area contributed by atoms with E-state index in [1.807, 2.05) is 0 Å². The molecule has 4 heteroatoms. The summed E-state index contributed by atoms with van der Waals surface area (Å²) in [4.78, 5) is 14.0. The van der Waals surface area contributed by atoms with Gasteiger partial charge in [-0.1, -0.05) is 0 Å². The highest BCUT2D eigenvalue weighted by Gasteiger charge is 2.14. The van der Waals surface area contributed by atoms with E-state index >= 15 is 0 Å². The SMILES string of the molecule is N#CN1CCN(CCC=O)CC1. The first kappa shape index (κ1) is 9.01. The summed E-state index contributed by atoms with van der Waals surface area (Å²) in [5.41, 5.74) is 0. The van der Waals surface area contributed by atoms with E-state index in [0.717, 1.165) is 39.0 Å². The van der Waals surface area contributed by atoms with Crippen LogP contribution in [0.5, 0.6) is 0 Å². The number of piperazine rings is 1. The zero-order chi connectivity index (χ0) is 8.81. The van der Waals surface area contributed by atoms with Gasteiger partial charge in [0.2, 0.25) is 0 Å². The van der Waals surface area contributed by atoms with Crippen molar-refractivity contribution in [1.82, 2.24) is 9.80 Å². The largest absolute Gasteiger partial charge is 0.308 e. The highest BCUT2D eigenvalue weighted by molar-refractivity contribution is 5.49. The number of nitriles is 1. The third kappa shape index (κ3) is 2.51. The van der Waals surface area contributed by atoms with Gasteiger partial charge in [-0.05, 0) is 0 Å². The maximum atomic E-state index is 10.1. The molecule has 0 amide bonds. The van der Waals surface area contributed by atoms with E-state index in [4.69, 9.17) is 5.26 Å². The quantitative estimate of drug-likeness (QED) is 0.427. The minimum absolute atomic E-state index is 0.604. The summed E-state index contributed by atoms with van der Waals surface area (Å²) < 4.78 is 0. The molecular formula is C8H13N3O. The molecule has 0 bridgehead atoms. The standard InChI is InChI=1S/C8H13N3O/c9-8-11-5-3-10(4-6-11)2-1-7-12/h7H,1-6H2. The van der Waals surface area contributed by atoms with E-state index < -0.39 is 0 Å². The van der Waals surface area contributed by atoms with Gasteiger partial charge in [0.15, 0.2) is 6.19 Å². The van der Waals surface area contributed by atoms with Gasteiger partial charge in [0.25, 0.3) is 0 Å². The Morgan fingerprint density at radius 2 is 2.00 bits per heavy atom. The second kappa shape index (κ2) is 4.73. The molecule has 0 atom stereocenters. The van der Waals surface area contributed by atoms with Crippen LogP contribution in [0, 0.1) is 11.5 Å². The highest BCUT2D eigenvalue weighted by Crippen LogP contribution is 1.99. The molecular weight excluding hydrogens is 154 g/mol. The molecule has 0 unspecified atom stereocenters. The van der Waals surface area contributed by atoms with Crippen LogP contribution < -0.4 is 0 Å². The predicted molar refractivity (Wildman–Crippen MR) is 44.3 cm³/mol. The molecule has 1 saturated heterocycles. The van der Waals surface area contributed by atoms with E-state index in [1.165, 1.54) is 0 Å². The van der Waals surface area contributed by atoms with Crippen molar-refractivity contribution < 1.29 is 4.79 Å². The Morgan fingerprint density at radius 3 is 2.50 bits per heavy atom. The van der Waals surface area contributed by atoms with Gasteiger partial charge in [0.05, 0.1) is 0 Å². The third-order valence-electron chi connectivity index (χ3n) is 2.08. The lowest BCUT2D eigenvalue weighted by Gasteiger charge is -2.30. The summed E-state index contributed by atoms with van der Waals surface area (Å²) in [7, 11) is 0. The molecule has 0 aromatic rings. The van der Waals surface area contributed by atoms with Crippen LogP contribution in [0.2, 0.25) is 0 Å². The van der Waals surface area contributed by atoms with Crippen LogP contribution in [0.15, 0.2) is 0 Å². The van der Waals surface area contributed by atoms with Crippen LogP contribution in [-0.2, 0) is 4.79 Å². The van der Waals surface area contributed by atoms with Gasteiger partial charge >= 0.3 is 0 Å². The van der Waals surface area contributed by atoms with Crippen LogP contribution in [0.3, 0.4) is 0 Å². The summed E-state index contributed by atoms with van der Waals surface area (Å²) >= 11 is 0. The van der Waals surface area contributed by atoms with E-state index in [-0.39, 0.29) is 0 Å². The fourth-order valence-electron chi connectivity index (χ4n) is 1.31. The Balaban J connectivity index is 2.18. The van der Waals surface area contributed by atoms with Gasteiger partial charge in [0, 0.05) is 39.1 Å². The van der Waals surface area contributed by atoms with Gasteiger partial charge in [-0.15, -0.1) is 0 Å². The molecule has 1 fully saturated rings. The summed E-state index contributed by atoms with van der Waals surface area (Å²) in [5, 5.41) is 8.55. The van der Waals surface area contributed by atoms with Crippen LogP contribution in [0.4, 0.5) is 0 Å². The first-order valence-corrected chi connectivity index (χ1v) is 4.17. The number of hydrogen-bond donors (Lipinski definition) is 0. The molecule has 0 saturated carbocycles. The van der Waals surface area contributed by atoms with Crippen LogP contribution in [-0.4, -0.2) is 48.8 Å². The summed E-state index contributed by atoms with van der Waals surface area (Å²) in [5.74, 6) is 0. The topological polar surface area (TPSA) is 47.3 Å². The average Bonchev–Trinajstić information content (AvgIpc) is 2.15. The first-order chi connectivity index (χ1) is 5.86. The Bertz CT molecular complexity index is 179. The van der Waals surface area contributed by atoms with Crippen LogP contribution >= 0.6 is 0 Å². The number of rotatable bonds is 3. The number of carbonyl (C=O) groups excluding carboxylic acids is 1. The van der Waals surface area contributed by atoms with Gasteiger partial charge in [-0.3, -0.25) is 4.90 Å². The molecule has 12 heavy (non-hydrogen) atoms. The first-order valence-electron chi connectivity index (χ1n) is 4.17. The van der Waals surface area contributed by atoms with Crippen molar-refractivity contribution in [3.63, 3.8) is 0 Å². The van der Waals surface area contributed by atoms with E-state index in [1.54, 1.807) is 4.90 Å². The normalized spacial score (nSPS) is 18.8. The number of hydrogen-bond acceptors (Lipinski definition) is 4. The van der Waals surface area contributed by atoms with Crippen molar-refractivity contribution in [2.45, 2.75) is 6.42 Å². The smallest absolute Gasteiger partial charge is 0.179 e. The molecule has 4 nitrogen and oxygen atoms in total. The molecule has 0 aromatic heterocycles. The average molecular weight is 167 g/mol. The monoisotopic (exact) mass is 167 g/mol. The molecule has 1 aliphatic heterocycles. The Labute approximate surface area is 72.4 Å². The summed E-state index contributed by atoms with van der Waals surface area (Å²) in [6.07, 6.45) is 3.66. The van der Waals surface area contributed by atoms with Gasteiger partial charge in [0.1, 0.15) is 6.29 Å². The second-order valence-electron chi connectivity index (χ2n) is 2.88. The van der Waals surface area contributed by atoms with E-state index in [0.29, 0.717) is 6.42 Å². The van der Waals surface area contributed by atoms with E-state index in [9.17, 15) is 4.79 Å². The lowest BCUT2D eigenvalue weighted by molar-refractivity contribution is -0.108. The molecule has 1 aliphatic rings. The van der Waals surface area contributed by atoms with E-state index in [2.05, 4.69) is 11.1 Å². The molecule has 0 aliphatic carbocycles. The molecule has 1 rings (SSSR count). The van der Waals surface area contributed by atoms with Crippen molar-refractivity contribution in [3.8, 4) is 6.19 Å². The highest BCUT2D eigenvalue weighted by atomic mass is 16.1. The summed E-state index contributed by atoms with van der Waals surface area (Å²) in [6, 6.07) is 0. The van der Waals surface area contributed by atoms with Crippen molar-refractivity contribution >= 4 is 6.29 Å². The molecule has 0 spiro atoms. The zero-order valence-corrected chi connectivity index (χ0v) is 7.07. The molecule has 0 N–H and O–H groups in total. The Morgan fingerprint density at radius 1 is 1.33 bits per heavy atom. The lowest BCUT2D eigenvalue weighted by atomic mass is 10.3. The Hall–Kier alpha value is -1.08. The third-order valence-corrected chi connectivity index (χ3v) is 2.08. The minimum Gasteiger partial charge on any atom is -0.308 e. The van der Waals surface area contributed by atoms with Gasteiger partial charge in [-0.25, -0.2) is 0 Å². The summed E-state index contributed by atoms with van der Waals surface area (Å²) in [6.45, 7) is 4.25. The number of carbonyl (C=O) groups is 1. The molecule has 66 valence electrons. The van der Waals surface area contributed by atoms with Crippen LogP contribution in [0.25, 0.3) is 0 Å². The van der Waals surface area contributed by atoms with Crippen LogP contribution in [0.1, 0.15) is 6.42 Å². The maximum Gasteiger partial charge on any atom is 0.179 e. The van der Waals surface area contributed by atoms with Crippen molar-refractivity contribution in [1.29, 1.82) is 5.26 Å². The van der Waals surface area contributed by atoms with Gasteiger partial charge in [-0.2, -0.15) is 5.26 Å². The number of nitrogens with zero attached hydrogens (tertiary/aromatic N) is 3. The molecule has 0 radical (unpaired) electrons. The fourth-order valence-corrected chi connectivity index (χ4v) is 1.31. The Kier molecular flexibility index (Phi) is 3.55. The second-order valence-corrected chi connectivity index (χ2v) is 2.88. The van der Waals surface area contributed by atoms with Gasteiger partial charge < -0.3 is 9.69 Å². The lowest BCUT2D eigenvalue weighted by Crippen LogP contribution is -2.44. The van der Waals surface area contributed by atoms with Crippen molar-refractivity contribution in [2.24, 2.45) is 0 Å². The molecule has 1 heterocycles. The fraction of sp³-hybridized carbons (Fsp3) is 0.750. The maximum absolute atomic E-state index is 10.1. The van der Waals surface area contributed by atoms with Crippen molar-refractivity contribution in [3.05, 3.63) is 0 Å². The minimum atomic E-state index is 0.604. The predicted octanol–water partition coefficient (Wildman–Crippen LogP) is -0.326. The molecule has 0 aromatic carbocycles.